The molecule has 158 valence electrons. The molecule has 0 unspecified atom stereocenters. The number of aromatic nitrogens is 3. The molecule has 0 fully saturated rings. The maximum Gasteiger partial charge on any atom is 0.230 e. The molecule has 3 rings (SSSR count). The van der Waals surface area contributed by atoms with Crippen LogP contribution in [0.3, 0.4) is 0 Å². The molecule has 0 radical (unpaired) electrons. The van der Waals surface area contributed by atoms with Crippen LogP contribution >= 0.6 is 23.4 Å². The number of halogens is 1. The van der Waals surface area contributed by atoms with Crippen LogP contribution in [0.5, 0.6) is 5.75 Å². The van der Waals surface area contributed by atoms with Crippen LogP contribution in [0.2, 0.25) is 5.02 Å². The predicted octanol–water partition coefficient (Wildman–Crippen LogP) is 4.12. The first-order chi connectivity index (χ1) is 14.4. The van der Waals surface area contributed by atoms with Crippen molar-refractivity contribution in [3.63, 3.8) is 0 Å². The highest BCUT2D eigenvalue weighted by molar-refractivity contribution is 7.99. The Kier molecular flexibility index (Phi) is 7.76. The Balaban J connectivity index is 1.46. The molecule has 0 aliphatic carbocycles. The lowest BCUT2D eigenvalue weighted by Gasteiger charge is -2.10. The van der Waals surface area contributed by atoms with Crippen LogP contribution < -0.4 is 10.1 Å². The first-order valence-electron chi connectivity index (χ1n) is 9.65. The van der Waals surface area contributed by atoms with Crippen molar-refractivity contribution in [1.29, 1.82) is 0 Å². The van der Waals surface area contributed by atoms with Crippen LogP contribution in [0.1, 0.15) is 22.5 Å². The van der Waals surface area contributed by atoms with Gasteiger partial charge in [0.05, 0.1) is 5.75 Å². The van der Waals surface area contributed by atoms with Gasteiger partial charge in [-0.2, -0.15) is 0 Å². The molecule has 6 nitrogen and oxygen atoms in total. The van der Waals surface area contributed by atoms with Gasteiger partial charge in [0.15, 0.2) is 11.0 Å². The first kappa shape index (κ1) is 22.2. The summed E-state index contributed by atoms with van der Waals surface area (Å²) in [5.74, 6) is 1.69. The second kappa shape index (κ2) is 10.5. The molecular formula is C22H25ClN4O2S. The van der Waals surface area contributed by atoms with E-state index in [2.05, 4.69) is 27.6 Å². The molecule has 0 saturated carbocycles. The van der Waals surface area contributed by atoms with E-state index in [0.29, 0.717) is 17.5 Å². The number of rotatable bonds is 9. The summed E-state index contributed by atoms with van der Waals surface area (Å²) in [7, 11) is 1.87. The van der Waals surface area contributed by atoms with Gasteiger partial charge in [-0.1, -0.05) is 53.7 Å². The van der Waals surface area contributed by atoms with Crippen molar-refractivity contribution in [3.8, 4) is 5.75 Å². The fraction of sp³-hybridized carbons (Fsp3) is 0.318. The standard InChI is InChI=1S/C22H25ClN4O2S/c1-15-11-18(12-16(2)21(15)23)29-13-19-25-26-22(27(19)3)30-14-20(28)24-10-9-17-7-5-4-6-8-17/h4-8,11-12H,9-10,13-14H2,1-3H3,(H,24,28). The third kappa shape index (κ3) is 6.00. The number of carbonyl (C=O) groups excluding carboxylic acids is 1. The van der Waals surface area contributed by atoms with Crippen LogP contribution in [0.25, 0.3) is 0 Å². The lowest BCUT2D eigenvalue weighted by Crippen LogP contribution is -2.27. The van der Waals surface area contributed by atoms with Gasteiger partial charge in [0.1, 0.15) is 12.4 Å². The summed E-state index contributed by atoms with van der Waals surface area (Å²) < 4.78 is 7.70. The van der Waals surface area contributed by atoms with Gasteiger partial charge in [0, 0.05) is 18.6 Å². The van der Waals surface area contributed by atoms with E-state index in [0.717, 1.165) is 28.3 Å². The summed E-state index contributed by atoms with van der Waals surface area (Å²) in [5.41, 5.74) is 3.15. The Morgan fingerprint density at radius 3 is 2.57 bits per heavy atom. The molecule has 1 N–H and O–H groups in total. The van der Waals surface area contributed by atoms with Crippen LogP contribution in [0, 0.1) is 13.8 Å². The summed E-state index contributed by atoms with van der Waals surface area (Å²) in [5, 5.41) is 12.7. The van der Waals surface area contributed by atoms with Crippen LogP contribution in [-0.2, 0) is 24.9 Å². The molecule has 1 amide bonds. The topological polar surface area (TPSA) is 69.0 Å². The Labute approximate surface area is 186 Å². The van der Waals surface area contributed by atoms with Gasteiger partial charge in [0.2, 0.25) is 5.91 Å². The Hall–Kier alpha value is -2.51. The van der Waals surface area contributed by atoms with Gasteiger partial charge >= 0.3 is 0 Å². The molecule has 3 aromatic rings. The van der Waals surface area contributed by atoms with Crippen molar-refractivity contribution in [3.05, 3.63) is 70.0 Å². The fourth-order valence-electron chi connectivity index (χ4n) is 2.91. The maximum atomic E-state index is 12.1. The zero-order valence-electron chi connectivity index (χ0n) is 17.3. The lowest BCUT2D eigenvalue weighted by molar-refractivity contribution is -0.118. The Morgan fingerprint density at radius 2 is 1.87 bits per heavy atom. The van der Waals surface area contributed by atoms with Crippen LogP contribution in [-0.4, -0.2) is 33.0 Å². The van der Waals surface area contributed by atoms with Crippen molar-refractivity contribution in [2.24, 2.45) is 7.05 Å². The average Bonchev–Trinajstić information content (AvgIpc) is 3.09. The molecule has 8 heteroatoms. The van der Waals surface area contributed by atoms with Crippen LogP contribution in [0.15, 0.2) is 47.6 Å². The highest BCUT2D eigenvalue weighted by Crippen LogP contribution is 2.26. The van der Waals surface area contributed by atoms with E-state index < -0.39 is 0 Å². The summed E-state index contributed by atoms with van der Waals surface area (Å²) in [6.07, 6.45) is 0.812. The lowest BCUT2D eigenvalue weighted by atomic mass is 10.1. The monoisotopic (exact) mass is 444 g/mol. The quantitative estimate of drug-likeness (QED) is 0.503. The van der Waals surface area contributed by atoms with Crippen molar-refractivity contribution in [2.45, 2.75) is 32.0 Å². The SMILES string of the molecule is Cc1cc(OCc2nnc(SCC(=O)NCCc3ccccc3)n2C)cc(C)c1Cl. The molecule has 1 aromatic heterocycles. The molecule has 30 heavy (non-hydrogen) atoms. The van der Waals surface area contributed by atoms with E-state index in [4.69, 9.17) is 16.3 Å². The Morgan fingerprint density at radius 1 is 1.17 bits per heavy atom. The number of thioether (sulfide) groups is 1. The van der Waals surface area contributed by atoms with Gasteiger partial charge in [0.25, 0.3) is 0 Å². The normalized spacial score (nSPS) is 10.8. The minimum absolute atomic E-state index is 0.0242. The number of hydrogen-bond acceptors (Lipinski definition) is 5. The third-order valence-corrected chi connectivity index (χ3v) is 6.23. The third-order valence-electron chi connectivity index (χ3n) is 4.61. The van der Waals surface area contributed by atoms with E-state index in [1.165, 1.54) is 17.3 Å². The summed E-state index contributed by atoms with van der Waals surface area (Å²) in [4.78, 5) is 12.1. The molecule has 0 spiro atoms. The predicted molar refractivity (Wildman–Crippen MR) is 120 cm³/mol. The fourth-order valence-corrected chi connectivity index (χ4v) is 3.77. The van der Waals surface area contributed by atoms with E-state index in [1.54, 1.807) is 0 Å². The van der Waals surface area contributed by atoms with Gasteiger partial charge in [-0.15, -0.1) is 10.2 Å². The number of amides is 1. The van der Waals surface area contributed by atoms with E-state index in [-0.39, 0.29) is 18.3 Å². The van der Waals surface area contributed by atoms with Crippen molar-refractivity contribution in [1.82, 2.24) is 20.1 Å². The van der Waals surface area contributed by atoms with Crippen LogP contribution in [0.4, 0.5) is 0 Å². The highest BCUT2D eigenvalue weighted by Gasteiger charge is 2.12. The van der Waals surface area contributed by atoms with Crippen molar-refractivity contribution >= 4 is 29.3 Å². The number of carbonyl (C=O) groups is 1. The highest BCUT2D eigenvalue weighted by atomic mass is 35.5. The minimum atomic E-state index is -0.0242. The maximum absolute atomic E-state index is 12.1. The van der Waals surface area contributed by atoms with Crippen molar-refractivity contribution < 1.29 is 9.53 Å². The number of ether oxygens (including phenoxy) is 1. The minimum Gasteiger partial charge on any atom is -0.486 e. The smallest absolute Gasteiger partial charge is 0.230 e. The second-order valence-corrected chi connectivity index (χ2v) is 8.31. The molecule has 0 bridgehead atoms. The Bertz CT molecular complexity index is 985. The summed E-state index contributed by atoms with van der Waals surface area (Å²) in [6.45, 7) is 4.80. The first-order valence-corrected chi connectivity index (χ1v) is 11.0. The molecule has 1 heterocycles. The zero-order chi connectivity index (χ0) is 21.5. The molecule has 2 aromatic carbocycles. The van der Waals surface area contributed by atoms with Gasteiger partial charge in [-0.25, -0.2) is 0 Å². The molecule has 0 saturated heterocycles. The number of hydrogen-bond donors (Lipinski definition) is 1. The van der Waals surface area contributed by atoms with Gasteiger partial charge in [-0.3, -0.25) is 4.79 Å². The summed E-state index contributed by atoms with van der Waals surface area (Å²) in [6, 6.07) is 13.9. The van der Waals surface area contributed by atoms with E-state index >= 15 is 0 Å². The average molecular weight is 445 g/mol. The molecule has 0 aliphatic rings. The van der Waals surface area contributed by atoms with Gasteiger partial charge < -0.3 is 14.6 Å². The van der Waals surface area contributed by atoms with E-state index in [9.17, 15) is 4.79 Å². The number of aryl methyl sites for hydroxylation is 2. The van der Waals surface area contributed by atoms with Crippen molar-refractivity contribution in [2.75, 3.05) is 12.3 Å². The largest absolute Gasteiger partial charge is 0.486 e. The number of benzene rings is 2. The van der Waals surface area contributed by atoms with Gasteiger partial charge in [-0.05, 0) is 49.1 Å². The molecule has 0 atom stereocenters. The number of nitrogens with one attached hydrogen (secondary N) is 1. The second-order valence-electron chi connectivity index (χ2n) is 6.99. The van der Waals surface area contributed by atoms with E-state index in [1.807, 2.05) is 55.8 Å². The zero-order valence-corrected chi connectivity index (χ0v) is 18.9. The molecular weight excluding hydrogens is 420 g/mol. The number of nitrogens with zero attached hydrogens (tertiary/aromatic N) is 3. The molecule has 0 aliphatic heterocycles. The summed E-state index contributed by atoms with van der Waals surface area (Å²) >= 11 is 7.56.